The fourth-order valence-electron chi connectivity index (χ4n) is 1.16. The van der Waals surface area contributed by atoms with Crippen LogP contribution in [0.2, 0.25) is 0 Å². The SMILES string of the molecule is O=C(CC1(CS)CC1)NCC(F)F. The van der Waals surface area contributed by atoms with Gasteiger partial charge in [0.2, 0.25) is 5.91 Å². The molecule has 1 aliphatic rings. The molecule has 1 fully saturated rings. The Labute approximate surface area is 81.5 Å². The molecule has 0 spiro atoms. The lowest BCUT2D eigenvalue weighted by Crippen LogP contribution is -2.30. The normalized spacial score (nSPS) is 18.8. The molecule has 0 aromatic rings. The molecular weight excluding hydrogens is 196 g/mol. The first kappa shape index (κ1) is 10.8. The topological polar surface area (TPSA) is 29.1 Å². The number of carbonyl (C=O) groups excluding carboxylic acids is 1. The zero-order chi connectivity index (χ0) is 9.90. The van der Waals surface area contributed by atoms with Gasteiger partial charge in [0.15, 0.2) is 0 Å². The molecule has 1 rings (SSSR count). The number of hydrogen-bond donors (Lipinski definition) is 2. The van der Waals surface area contributed by atoms with Crippen molar-refractivity contribution in [3.05, 3.63) is 0 Å². The van der Waals surface area contributed by atoms with E-state index in [1.165, 1.54) is 0 Å². The average Bonchev–Trinajstić information content (AvgIpc) is 2.82. The summed E-state index contributed by atoms with van der Waals surface area (Å²) in [6.45, 7) is -0.540. The van der Waals surface area contributed by atoms with E-state index in [0.29, 0.717) is 12.2 Å². The Morgan fingerprint density at radius 3 is 2.54 bits per heavy atom. The molecule has 0 atom stereocenters. The van der Waals surface area contributed by atoms with Gasteiger partial charge >= 0.3 is 0 Å². The summed E-state index contributed by atoms with van der Waals surface area (Å²) in [6.07, 6.45) is -0.157. The second-order valence-corrected chi connectivity index (χ2v) is 3.85. The molecule has 0 saturated heterocycles. The van der Waals surface area contributed by atoms with Crippen LogP contribution in [0.15, 0.2) is 0 Å². The molecule has 0 aromatic heterocycles. The van der Waals surface area contributed by atoms with Crippen molar-refractivity contribution in [1.29, 1.82) is 0 Å². The molecule has 1 aliphatic carbocycles. The van der Waals surface area contributed by atoms with Crippen LogP contribution in [0.1, 0.15) is 19.3 Å². The monoisotopic (exact) mass is 209 g/mol. The molecule has 5 heteroatoms. The molecule has 0 bridgehead atoms. The predicted molar refractivity (Wildman–Crippen MR) is 49.2 cm³/mol. The Balaban J connectivity index is 2.18. The molecule has 0 radical (unpaired) electrons. The Hall–Kier alpha value is -0.320. The van der Waals surface area contributed by atoms with Gasteiger partial charge in [-0.3, -0.25) is 4.79 Å². The Kier molecular flexibility index (Phi) is 3.53. The molecule has 0 heterocycles. The molecule has 0 unspecified atom stereocenters. The van der Waals surface area contributed by atoms with Crippen LogP contribution in [0, 0.1) is 5.41 Å². The second-order valence-electron chi connectivity index (χ2n) is 3.53. The fourth-order valence-corrected chi connectivity index (χ4v) is 1.59. The molecule has 1 saturated carbocycles. The van der Waals surface area contributed by atoms with Crippen molar-refractivity contribution >= 4 is 18.5 Å². The number of nitrogens with one attached hydrogen (secondary N) is 1. The molecule has 13 heavy (non-hydrogen) atoms. The molecule has 76 valence electrons. The highest BCUT2D eigenvalue weighted by atomic mass is 32.1. The van der Waals surface area contributed by atoms with Gasteiger partial charge in [-0.1, -0.05) is 0 Å². The third-order valence-electron chi connectivity index (χ3n) is 2.28. The van der Waals surface area contributed by atoms with E-state index in [-0.39, 0.29) is 11.3 Å². The Bertz CT molecular complexity index is 195. The number of amides is 1. The fraction of sp³-hybridized carbons (Fsp3) is 0.875. The number of thiol groups is 1. The van der Waals surface area contributed by atoms with Crippen molar-refractivity contribution in [3.63, 3.8) is 0 Å². The maximum Gasteiger partial charge on any atom is 0.255 e. The third kappa shape index (κ3) is 3.50. The summed E-state index contributed by atoms with van der Waals surface area (Å²) >= 11 is 4.12. The maximum absolute atomic E-state index is 11.7. The number of hydrogen-bond acceptors (Lipinski definition) is 2. The van der Waals surface area contributed by atoms with Crippen molar-refractivity contribution in [2.75, 3.05) is 12.3 Å². The predicted octanol–water partition coefficient (Wildman–Crippen LogP) is 1.47. The highest BCUT2D eigenvalue weighted by molar-refractivity contribution is 7.80. The summed E-state index contributed by atoms with van der Waals surface area (Å²) in [5.74, 6) is 0.376. The zero-order valence-corrected chi connectivity index (χ0v) is 8.12. The van der Waals surface area contributed by atoms with Gasteiger partial charge in [0.25, 0.3) is 6.43 Å². The van der Waals surface area contributed by atoms with Gasteiger partial charge in [-0.2, -0.15) is 12.6 Å². The quantitative estimate of drug-likeness (QED) is 0.660. The molecular formula is C8H13F2NOS. The van der Waals surface area contributed by atoms with E-state index in [1.54, 1.807) is 0 Å². The number of carbonyl (C=O) groups is 1. The van der Waals surface area contributed by atoms with E-state index < -0.39 is 13.0 Å². The summed E-state index contributed by atoms with van der Waals surface area (Å²) in [7, 11) is 0. The largest absolute Gasteiger partial charge is 0.350 e. The summed E-state index contributed by atoms with van der Waals surface area (Å²) in [5.41, 5.74) is 0.00924. The van der Waals surface area contributed by atoms with Gasteiger partial charge in [0.1, 0.15) is 0 Å². The van der Waals surface area contributed by atoms with Crippen LogP contribution in [-0.2, 0) is 4.79 Å². The minimum atomic E-state index is -2.46. The van der Waals surface area contributed by atoms with Crippen LogP contribution in [0.25, 0.3) is 0 Å². The molecule has 1 amide bonds. The van der Waals surface area contributed by atoms with E-state index in [9.17, 15) is 13.6 Å². The smallest absolute Gasteiger partial charge is 0.255 e. The van der Waals surface area contributed by atoms with Crippen molar-refractivity contribution in [1.82, 2.24) is 5.32 Å². The van der Waals surface area contributed by atoms with Gasteiger partial charge in [-0.15, -0.1) is 0 Å². The van der Waals surface area contributed by atoms with Crippen LogP contribution < -0.4 is 5.32 Å². The van der Waals surface area contributed by atoms with Crippen molar-refractivity contribution in [2.45, 2.75) is 25.7 Å². The lowest BCUT2D eigenvalue weighted by Gasteiger charge is -2.11. The van der Waals surface area contributed by atoms with Crippen LogP contribution >= 0.6 is 12.6 Å². The average molecular weight is 209 g/mol. The van der Waals surface area contributed by atoms with Crippen molar-refractivity contribution in [2.24, 2.45) is 5.41 Å². The van der Waals surface area contributed by atoms with E-state index in [4.69, 9.17) is 0 Å². The number of halogens is 2. The van der Waals surface area contributed by atoms with E-state index in [0.717, 1.165) is 12.8 Å². The molecule has 0 aliphatic heterocycles. The standard InChI is InChI=1S/C8H13F2NOS/c9-6(10)4-11-7(12)3-8(5-13)1-2-8/h6,13H,1-5H2,(H,11,12). The first-order valence-electron chi connectivity index (χ1n) is 4.24. The van der Waals surface area contributed by atoms with E-state index in [2.05, 4.69) is 17.9 Å². The molecule has 1 N–H and O–H groups in total. The Morgan fingerprint density at radius 1 is 1.54 bits per heavy atom. The van der Waals surface area contributed by atoms with Crippen LogP contribution in [0.5, 0.6) is 0 Å². The molecule has 0 aromatic carbocycles. The summed E-state index contributed by atoms with van der Waals surface area (Å²) < 4.78 is 23.4. The second kappa shape index (κ2) is 4.26. The zero-order valence-electron chi connectivity index (χ0n) is 7.22. The van der Waals surface area contributed by atoms with Crippen molar-refractivity contribution < 1.29 is 13.6 Å². The van der Waals surface area contributed by atoms with Gasteiger partial charge in [-0.25, -0.2) is 8.78 Å². The lowest BCUT2D eigenvalue weighted by molar-refractivity contribution is -0.122. The highest BCUT2D eigenvalue weighted by Crippen LogP contribution is 2.49. The van der Waals surface area contributed by atoms with Gasteiger partial charge < -0.3 is 5.32 Å². The van der Waals surface area contributed by atoms with E-state index in [1.807, 2.05) is 0 Å². The number of rotatable bonds is 5. The van der Waals surface area contributed by atoms with Gasteiger partial charge in [0.05, 0.1) is 6.54 Å². The third-order valence-corrected chi connectivity index (χ3v) is 2.95. The minimum absolute atomic E-state index is 0.00924. The number of alkyl halides is 2. The minimum Gasteiger partial charge on any atom is -0.350 e. The first-order valence-corrected chi connectivity index (χ1v) is 4.87. The van der Waals surface area contributed by atoms with Crippen molar-refractivity contribution in [3.8, 4) is 0 Å². The van der Waals surface area contributed by atoms with Gasteiger partial charge in [-0.05, 0) is 24.0 Å². The lowest BCUT2D eigenvalue weighted by atomic mass is 10.1. The van der Waals surface area contributed by atoms with Crippen LogP contribution in [0.4, 0.5) is 8.78 Å². The summed E-state index contributed by atoms with van der Waals surface area (Å²) in [4.78, 5) is 11.1. The molecule has 2 nitrogen and oxygen atoms in total. The summed E-state index contributed by atoms with van der Waals surface area (Å²) in [5, 5.41) is 2.19. The first-order chi connectivity index (χ1) is 6.08. The Morgan fingerprint density at radius 2 is 2.15 bits per heavy atom. The van der Waals surface area contributed by atoms with E-state index >= 15 is 0 Å². The van der Waals surface area contributed by atoms with Crippen LogP contribution in [-0.4, -0.2) is 24.6 Å². The highest BCUT2D eigenvalue weighted by Gasteiger charge is 2.42. The van der Waals surface area contributed by atoms with Crippen LogP contribution in [0.3, 0.4) is 0 Å². The summed E-state index contributed by atoms with van der Waals surface area (Å²) in [6, 6.07) is 0. The van der Waals surface area contributed by atoms with Gasteiger partial charge in [0, 0.05) is 6.42 Å². The maximum atomic E-state index is 11.7.